The zero-order valence-corrected chi connectivity index (χ0v) is 32.4. The highest BCUT2D eigenvalue weighted by molar-refractivity contribution is 6.10. The zero-order chi connectivity index (χ0) is 38.8. The molecule has 0 unspecified atom stereocenters. The van der Waals surface area contributed by atoms with E-state index in [2.05, 4.69) is 224 Å². The molecule has 3 nitrogen and oxygen atoms in total. The number of hydrogen-bond acceptors (Lipinski definition) is 3. The Balaban J connectivity index is 1.10. The average molecular weight is 745 g/mol. The quantitative estimate of drug-likeness (QED) is 0.169. The first-order valence-electron chi connectivity index (χ1n) is 20.0. The summed E-state index contributed by atoms with van der Waals surface area (Å²) < 4.78 is 6.55. The predicted molar refractivity (Wildman–Crippen MR) is 244 cm³/mol. The van der Waals surface area contributed by atoms with Crippen LogP contribution in [0.15, 0.2) is 211 Å². The van der Waals surface area contributed by atoms with Crippen molar-refractivity contribution in [2.75, 3.05) is 9.80 Å². The maximum absolute atomic E-state index is 6.55. The topological polar surface area (TPSA) is 19.6 Å². The highest BCUT2D eigenvalue weighted by atomic mass is 16.3. The Bertz CT molecular complexity index is 3100. The first-order valence-corrected chi connectivity index (χ1v) is 20.0. The van der Waals surface area contributed by atoms with Gasteiger partial charge in [-0.25, -0.2) is 0 Å². The maximum Gasteiger partial charge on any atom is 0.143 e. The number of hydrogen-bond donors (Lipinski definition) is 0. The van der Waals surface area contributed by atoms with Crippen molar-refractivity contribution in [3.05, 3.63) is 217 Å². The normalized spacial score (nSPS) is 13.1. The van der Waals surface area contributed by atoms with E-state index >= 15 is 0 Å². The summed E-state index contributed by atoms with van der Waals surface area (Å²) in [7, 11) is 0. The SMILES string of the molecule is CC1(C)c2ccccc2N(c2c(-c3ccc(N(c4ccccc4)c4ccccc4)cc3)ccc3ccccc23)c2ccc(-c3cccc4c3oc3ccccc34)cc21. The minimum Gasteiger partial charge on any atom is -0.455 e. The van der Waals surface area contributed by atoms with E-state index < -0.39 is 0 Å². The summed E-state index contributed by atoms with van der Waals surface area (Å²) in [5.74, 6) is 0. The summed E-state index contributed by atoms with van der Waals surface area (Å²) in [6.45, 7) is 4.73. The van der Waals surface area contributed by atoms with Crippen molar-refractivity contribution in [2.24, 2.45) is 0 Å². The molecule has 2 heterocycles. The van der Waals surface area contributed by atoms with E-state index in [1.165, 1.54) is 44.5 Å². The van der Waals surface area contributed by atoms with Crippen LogP contribution in [-0.4, -0.2) is 0 Å². The van der Waals surface area contributed by atoms with E-state index in [0.29, 0.717) is 0 Å². The number of rotatable bonds is 6. The molecule has 0 saturated carbocycles. The minimum atomic E-state index is -0.273. The van der Waals surface area contributed by atoms with E-state index in [-0.39, 0.29) is 5.41 Å². The van der Waals surface area contributed by atoms with Crippen molar-refractivity contribution in [3.8, 4) is 22.3 Å². The Morgan fingerprint density at radius 1 is 0.431 bits per heavy atom. The fraction of sp³-hybridized carbons (Fsp3) is 0.0545. The number of fused-ring (bicyclic) bond motifs is 6. The Morgan fingerprint density at radius 2 is 1.03 bits per heavy atom. The number of anilines is 6. The number of para-hydroxylation sites is 5. The number of furan rings is 1. The van der Waals surface area contributed by atoms with Crippen molar-refractivity contribution >= 4 is 66.8 Å². The molecule has 1 aliphatic heterocycles. The molecule has 9 aromatic carbocycles. The summed E-state index contributed by atoms with van der Waals surface area (Å²) in [5.41, 5.74) is 15.6. The lowest BCUT2D eigenvalue weighted by atomic mass is 9.72. The van der Waals surface area contributed by atoms with Gasteiger partial charge in [0.15, 0.2) is 0 Å². The highest BCUT2D eigenvalue weighted by Gasteiger charge is 2.38. The molecule has 0 fully saturated rings. The lowest BCUT2D eigenvalue weighted by Gasteiger charge is -2.43. The average Bonchev–Trinajstić information content (AvgIpc) is 3.67. The van der Waals surface area contributed by atoms with Gasteiger partial charge >= 0.3 is 0 Å². The molecule has 11 rings (SSSR count). The van der Waals surface area contributed by atoms with Crippen molar-refractivity contribution in [2.45, 2.75) is 19.3 Å². The minimum absolute atomic E-state index is 0.273. The molecule has 0 amide bonds. The molecule has 0 N–H and O–H groups in total. The Morgan fingerprint density at radius 3 is 1.81 bits per heavy atom. The van der Waals surface area contributed by atoms with Gasteiger partial charge < -0.3 is 14.2 Å². The van der Waals surface area contributed by atoms with Crippen LogP contribution >= 0.6 is 0 Å². The molecular weight excluding hydrogens is 705 g/mol. The van der Waals surface area contributed by atoms with Crippen LogP contribution in [-0.2, 0) is 5.41 Å². The van der Waals surface area contributed by atoms with Crippen LogP contribution in [0.3, 0.4) is 0 Å². The Kier molecular flexibility index (Phi) is 7.84. The molecular formula is C55H40N2O. The second-order valence-electron chi connectivity index (χ2n) is 15.7. The van der Waals surface area contributed by atoms with Gasteiger partial charge in [-0.2, -0.15) is 0 Å². The van der Waals surface area contributed by atoms with E-state index in [1.807, 2.05) is 6.07 Å². The maximum atomic E-state index is 6.55. The van der Waals surface area contributed by atoms with Crippen LogP contribution in [0.2, 0.25) is 0 Å². The molecule has 0 spiro atoms. The summed E-state index contributed by atoms with van der Waals surface area (Å²) in [6.07, 6.45) is 0. The third-order valence-corrected chi connectivity index (χ3v) is 12.0. The third kappa shape index (κ3) is 5.35. The molecule has 0 saturated heterocycles. The van der Waals surface area contributed by atoms with E-state index in [9.17, 15) is 0 Å². The molecule has 0 atom stereocenters. The lowest BCUT2D eigenvalue weighted by Crippen LogP contribution is -2.31. The van der Waals surface area contributed by atoms with Gasteiger partial charge in [-0.15, -0.1) is 0 Å². The molecule has 0 radical (unpaired) electrons. The van der Waals surface area contributed by atoms with Crippen LogP contribution in [0.25, 0.3) is 55.0 Å². The monoisotopic (exact) mass is 744 g/mol. The second-order valence-corrected chi connectivity index (χ2v) is 15.7. The van der Waals surface area contributed by atoms with Crippen LogP contribution < -0.4 is 9.80 Å². The van der Waals surface area contributed by atoms with E-state index in [0.717, 1.165) is 55.7 Å². The molecule has 1 aromatic heterocycles. The summed E-state index contributed by atoms with van der Waals surface area (Å²) in [6, 6.07) is 74.4. The Hall–Kier alpha value is -7.36. The van der Waals surface area contributed by atoms with Gasteiger partial charge in [-0.05, 0) is 88.3 Å². The molecule has 276 valence electrons. The van der Waals surface area contributed by atoms with Crippen LogP contribution in [0.5, 0.6) is 0 Å². The standard InChI is InChI=1S/C55H40N2O/c1-55(2)48-25-12-13-26-50(48)57(51-35-31-39(36-49(51)55)45-23-15-24-47-46-22-11-14-27-52(46)58-54(45)47)53-43-21-10-9-16-37(43)30-34-44(53)38-28-32-42(33-29-38)56(40-17-5-3-6-18-40)41-19-7-4-8-20-41/h3-36H,1-2H3. The van der Waals surface area contributed by atoms with Crippen LogP contribution in [0, 0.1) is 0 Å². The molecule has 3 heteroatoms. The molecule has 58 heavy (non-hydrogen) atoms. The summed E-state index contributed by atoms with van der Waals surface area (Å²) >= 11 is 0. The number of benzene rings is 9. The molecule has 0 bridgehead atoms. The van der Waals surface area contributed by atoms with Gasteiger partial charge in [0.25, 0.3) is 0 Å². The fourth-order valence-corrected chi connectivity index (χ4v) is 9.21. The van der Waals surface area contributed by atoms with Crippen LogP contribution in [0.1, 0.15) is 25.0 Å². The lowest BCUT2D eigenvalue weighted by molar-refractivity contribution is 0.632. The van der Waals surface area contributed by atoms with Gasteiger partial charge in [0, 0.05) is 49.8 Å². The van der Waals surface area contributed by atoms with E-state index in [1.54, 1.807) is 0 Å². The number of nitrogens with zero attached hydrogens (tertiary/aromatic N) is 2. The zero-order valence-electron chi connectivity index (χ0n) is 32.4. The largest absolute Gasteiger partial charge is 0.455 e. The van der Waals surface area contributed by atoms with Gasteiger partial charge in [-0.1, -0.05) is 159 Å². The van der Waals surface area contributed by atoms with Crippen molar-refractivity contribution in [3.63, 3.8) is 0 Å². The first-order chi connectivity index (χ1) is 28.5. The van der Waals surface area contributed by atoms with Crippen LogP contribution in [0.4, 0.5) is 34.1 Å². The second kappa shape index (κ2) is 13.4. The van der Waals surface area contributed by atoms with Gasteiger partial charge in [0.2, 0.25) is 0 Å². The first kappa shape index (κ1) is 33.9. The molecule has 10 aromatic rings. The molecule has 1 aliphatic rings. The van der Waals surface area contributed by atoms with Crippen molar-refractivity contribution in [1.29, 1.82) is 0 Å². The predicted octanol–water partition coefficient (Wildman–Crippen LogP) is 15.7. The smallest absolute Gasteiger partial charge is 0.143 e. The third-order valence-electron chi connectivity index (χ3n) is 12.0. The Labute approximate surface area is 338 Å². The van der Waals surface area contributed by atoms with Gasteiger partial charge in [0.05, 0.1) is 17.1 Å². The van der Waals surface area contributed by atoms with E-state index in [4.69, 9.17) is 4.42 Å². The molecule has 0 aliphatic carbocycles. The van der Waals surface area contributed by atoms with Gasteiger partial charge in [0.1, 0.15) is 11.2 Å². The fourth-order valence-electron chi connectivity index (χ4n) is 9.21. The highest BCUT2D eigenvalue weighted by Crippen LogP contribution is 2.56. The summed E-state index contributed by atoms with van der Waals surface area (Å²) in [5, 5.41) is 4.69. The summed E-state index contributed by atoms with van der Waals surface area (Å²) in [4.78, 5) is 4.83. The van der Waals surface area contributed by atoms with Gasteiger partial charge in [-0.3, -0.25) is 0 Å². The van der Waals surface area contributed by atoms with Crippen molar-refractivity contribution in [1.82, 2.24) is 0 Å². The van der Waals surface area contributed by atoms with Crippen molar-refractivity contribution < 1.29 is 4.42 Å².